The van der Waals surface area contributed by atoms with Crippen molar-refractivity contribution >= 4 is 28.5 Å². The Morgan fingerprint density at radius 2 is 2.00 bits per heavy atom. The number of nitrogens with one attached hydrogen (secondary N) is 1. The molecule has 1 amide bonds. The van der Waals surface area contributed by atoms with Gasteiger partial charge in [0.15, 0.2) is 5.65 Å². The van der Waals surface area contributed by atoms with E-state index in [9.17, 15) is 4.79 Å². The molecule has 2 saturated carbocycles. The largest absolute Gasteiger partial charge is 0.351 e. The fourth-order valence-electron chi connectivity index (χ4n) is 4.55. The minimum absolute atomic E-state index is 0.00962. The summed E-state index contributed by atoms with van der Waals surface area (Å²) in [7, 11) is 1.89. The predicted octanol–water partition coefficient (Wildman–Crippen LogP) is 4.66. The summed E-state index contributed by atoms with van der Waals surface area (Å²) >= 11 is 6.06. The van der Waals surface area contributed by atoms with Gasteiger partial charge in [-0.25, -0.2) is 4.98 Å². The Labute approximate surface area is 175 Å². The number of rotatable bonds is 5. The lowest BCUT2D eigenvalue weighted by atomic mass is 9.64. The first kappa shape index (κ1) is 18.6. The van der Waals surface area contributed by atoms with E-state index < -0.39 is 0 Å². The summed E-state index contributed by atoms with van der Waals surface area (Å²) in [5, 5.41) is 9.35. The smallest absolute Gasteiger partial charge is 0.252 e. The van der Waals surface area contributed by atoms with Gasteiger partial charge in [0.05, 0.1) is 16.6 Å². The Kier molecular flexibility index (Phi) is 4.39. The lowest BCUT2D eigenvalue weighted by molar-refractivity contribution is 0.0929. The molecule has 2 aromatic heterocycles. The molecular weight excluding hydrogens is 384 g/mol. The van der Waals surface area contributed by atoms with Crippen LogP contribution in [-0.4, -0.2) is 27.2 Å². The topological polar surface area (TPSA) is 59.8 Å². The molecule has 2 aliphatic carbocycles. The molecule has 5 nitrogen and oxygen atoms in total. The molecule has 29 heavy (non-hydrogen) atoms. The van der Waals surface area contributed by atoms with Gasteiger partial charge in [-0.3, -0.25) is 9.48 Å². The first-order valence-electron chi connectivity index (χ1n) is 10.4. The van der Waals surface area contributed by atoms with Crippen molar-refractivity contribution in [2.45, 2.75) is 50.4 Å². The van der Waals surface area contributed by atoms with E-state index in [2.05, 4.69) is 22.5 Å². The molecule has 2 fully saturated rings. The van der Waals surface area contributed by atoms with Gasteiger partial charge in [0.1, 0.15) is 0 Å². The van der Waals surface area contributed by atoms with Crippen molar-refractivity contribution in [3.05, 3.63) is 57.9 Å². The van der Waals surface area contributed by atoms with Crippen molar-refractivity contribution in [1.29, 1.82) is 0 Å². The van der Waals surface area contributed by atoms with E-state index in [1.165, 1.54) is 12.0 Å². The third kappa shape index (κ3) is 3.21. The van der Waals surface area contributed by atoms with Gasteiger partial charge in [-0.05, 0) is 56.4 Å². The van der Waals surface area contributed by atoms with Crippen LogP contribution in [0.2, 0.25) is 5.02 Å². The normalized spacial score (nSPS) is 17.9. The Morgan fingerprint density at radius 3 is 2.62 bits per heavy atom. The zero-order chi connectivity index (χ0) is 20.2. The highest BCUT2D eigenvalue weighted by atomic mass is 35.5. The molecule has 5 rings (SSSR count). The van der Waals surface area contributed by atoms with Crippen molar-refractivity contribution in [3.8, 4) is 0 Å². The molecule has 1 N–H and O–H groups in total. The fraction of sp³-hybridized carbons (Fsp3) is 0.435. The SMILES string of the molecule is Cc1nn(C)c2nc(C3CC3)cc(C(=O)NCC3(c4ccc(Cl)cc4)CCC3)c12. The maximum absolute atomic E-state index is 13.3. The zero-order valence-electron chi connectivity index (χ0n) is 16.8. The highest BCUT2D eigenvalue weighted by Gasteiger charge is 2.39. The van der Waals surface area contributed by atoms with Crippen LogP contribution in [0.3, 0.4) is 0 Å². The number of halogens is 1. The second-order valence-corrected chi connectivity index (χ2v) is 9.04. The van der Waals surface area contributed by atoms with Crippen LogP contribution >= 0.6 is 11.6 Å². The highest BCUT2D eigenvalue weighted by Crippen LogP contribution is 2.44. The second-order valence-electron chi connectivity index (χ2n) is 8.60. The Bertz CT molecular complexity index is 1090. The molecule has 0 saturated heterocycles. The molecule has 0 aliphatic heterocycles. The lowest BCUT2D eigenvalue weighted by Crippen LogP contribution is -2.45. The standard InChI is InChI=1S/C23H25ClN4O/c1-14-20-18(12-19(15-4-5-15)26-21(20)28(2)27-14)22(29)25-13-23(10-3-11-23)16-6-8-17(24)9-7-16/h6-9,12,15H,3-5,10-11,13H2,1-2H3,(H,25,29). The van der Waals surface area contributed by atoms with Gasteiger partial charge >= 0.3 is 0 Å². The second kappa shape index (κ2) is 6.84. The minimum Gasteiger partial charge on any atom is -0.351 e. The molecule has 0 radical (unpaired) electrons. The van der Waals surface area contributed by atoms with Gasteiger partial charge < -0.3 is 5.32 Å². The van der Waals surface area contributed by atoms with E-state index in [0.717, 1.165) is 53.1 Å². The van der Waals surface area contributed by atoms with Crippen LogP contribution in [0, 0.1) is 6.92 Å². The molecule has 1 aromatic carbocycles. The van der Waals surface area contributed by atoms with Crippen molar-refractivity contribution in [2.24, 2.45) is 7.05 Å². The van der Waals surface area contributed by atoms with Gasteiger partial charge in [0.25, 0.3) is 5.91 Å². The molecular formula is C23H25ClN4O. The zero-order valence-corrected chi connectivity index (χ0v) is 17.6. The number of carbonyl (C=O) groups excluding carboxylic acids is 1. The Hall–Kier alpha value is -2.40. The van der Waals surface area contributed by atoms with Gasteiger partial charge in [0, 0.05) is 35.6 Å². The molecule has 2 heterocycles. The average Bonchev–Trinajstić information content (AvgIpc) is 3.48. The molecule has 150 valence electrons. The van der Waals surface area contributed by atoms with E-state index >= 15 is 0 Å². The summed E-state index contributed by atoms with van der Waals surface area (Å²) in [5.41, 5.74) is 4.63. The Balaban J connectivity index is 1.45. The van der Waals surface area contributed by atoms with E-state index in [-0.39, 0.29) is 11.3 Å². The van der Waals surface area contributed by atoms with Crippen molar-refractivity contribution in [2.75, 3.05) is 6.54 Å². The molecule has 3 aromatic rings. The molecule has 0 spiro atoms. The summed E-state index contributed by atoms with van der Waals surface area (Å²) in [4.78, 5) is 18.1. The number of aryl methyl sites for hydroxylation is 2. The molecule has 0 unspecified atom stereocenters. The molecule has 6 heteroatoms. The summed E-state index contributed by atoms with van der Waals surface area (Å²) in [5.74, 6) is 0.448. The van der Waals surface area contributed by atoms with Crippen LogP contribution in [0.25, 0.3) is 11.0 Å². The number of hydrogen-bond donors (Lipinski definition) is 1. The van der Waals surface area contributed by atoms with Crippen molar-refractivity contribution in [3.63, 3.8) is 0 Å². The number of carbonyl (C=O) groups is 1. The summed E-state index contributed by atoms with van der Waals surface area (Å²) in [6.45, 7) is 2.58. The maximum atomic E-state index is 13.3. The lowest BCUT2D eigenvalue weighted by Gasteiger charge is -2.42. The van der Waals surface area contributed by atoms with Gasteiger partial charge in [-0.2, -0.15) is 5.10 Å². The number of nitrogens with zero attached hydrogens (tertiary/aromatic N) is 3. The van der Waals surface area contributed by atoms with E-state index in [4.69, 9.17) is 16.6 Å². The number of pyridine rings is 1. The van der Waals surface area contributed by atoms with Crippen LogP contribution in [0.15, 0.2) is 30.3 Å². The first-order valence-corrected chi connectivity index (χ1v) is 10.7. The van der Waals surface area contributed by atoms with Crippen LogP contribution in [0.4, 0.5) is 0 Å². The fourth-order valence-corrected chi connectivity index (χ4v) is 4.68. The molecule has 0 bridgehead atoms. The number of aromatic nitrogens is 3. The van der Waals surface area contributed by atoms with E-state index in [1.807, 2.05) is 32.2 Å². The van der Waals surface area contributed by atoms with Gasteiger partial charge in [-0.1, -0.05) is 30.2 Å². The van der Waals surface area contributed by atoms with Crippen LogP contribution in [0.1, 0.15) is 65.3 Å². The predicted molar refractivity (Wildman–Crippen MR) is 115 cm³/mol. The van der Waals surface area contributed by atoms with Crippen LogP contribution in [0.5, 0.6) is 0 Å². The summed E-state index contributed by atoms with van der Waals surface area (Å²) in [6.07, 6.45) is 5.65. The first-order chi connectivity index (χ1) is 14.0. The van der Waals surface area contributed by atoms with Gasteiger partial charge in [0.2, 0.25) is 0 Å². The monoisotopic (exact) mass is 408 g/mol. The maximum Gasteiger partial charge on any atom is 0.252 e. The number of benzene rings is 1. The third-order valence-electron chi connectivity index (χ3n) is 6.58. The quantitative estimate of drug-likeness (QED) is 0.667. The third-order valence-corrected chi connectivity index (χ3v) is 6.84. The Morgan fingerprint density at radius 1 is 1.28 bits per heavy atom. The highest BCUT2D eigenvalue weighted by molar-refractivity contribution is 6.30. The van der Waals surface area contributed by atoms with Crippen LogP contribution in [-0.2, 0) is 12.5 Å². The van der Waals surface area contributed by atoms with Crippen molar-refractivity contribution in [1.82, 2.24) is 20.1 Å². The van der Waals surface area contributed by atoms with E-state index in [1.54, 1.807) is 4.68 Å². The summed E-state index contributed by atoms with van der Waals surface area (Å²) < 4.78 is 1.79. The van der Waals surface area contributed by atoms with Crippen LogP contribution < -0.4 is 5.32 Å². The van der Waals surface area contributed by atoms with Crippen molar-refractivity contribution < 1.29 is 4.79 Å². The minimum atomic E-state index is -0.0318. The number of amides is 1. The average molecular weight is 409 g/mol. The molecule has 2 aliphatic rings. The number of hydrogen-bond acceptors (Lipinski definition) is 3. The summed E-state index contributed by atoms with van der Waals surface area (Å²) in [6, 6.07) is 10.0. The molecule has 0 atom stereocenters. The van der Waals surface area contributed by atoms with Gasteiger partial charge in [-0.15, -0.1) is 0 Å². The number of fused-ring (bicyclic) bond motifs is 1. The van der Waals surface area contributed by atoms with E-state index in [0.29, 0.717) is 18.0 Å².